The van der Waals surface area contributed by atoms with Crippen LogP contribution < -0.4 is 0 Å². The summed E-state index contributed by atoms with van der Waals surface area (Å²) in [6, 6.07) is 20.7. The Morgan fingerprint density at radius 1 is 0.560 bits per heavy atom. The van der Waals surface area contributed by atoms with E-state index >= 15 is 0 Å². The second-order valence-electron chi connectivity index (χ2n) is 8.48. The third-order valence-corrected chi connectivity index (χ3v) is 47.6. The molecular formula is C23H28Sn2. The van der Waals surface area contributed by atoms with E-state index in [1.807, 2.05) is 12.1 Å². The van der Waals surface area contributed by atoms with Gasteiger partial charge < -0.3 is 0 Å². The summed E-state index contributed by atoms with van der Waals surface area (Å²) >= 11 is -4.95. The van der Waals surface area contributed by atoms with Gasteiger partial charge in [-0.25, -0.2) is 0 Å². The summed E-state index contributed by atoms with van der Waals surface area (Å²) in [6.07, 6.45) is 0. The van der Waals surface area contributed by atoms with E-state index in [1.54, 1.807) is 0 Å². The zero-order chi connectivity index (χ0) is 18.6. The van der Waals surface area contributed by atoms with Crippen molar-refractivity contribution in [3.05, 3.63) is 71.8 Å². The Labute approximate surface area is 162 Å². The molecule has 2 aromatic carbocycles. The Hall–Kier alpha value is -0.843. The van der Waals surface area contributed by atoms with Crippen LogP contribution in [-0.2, 0) is 0 Å². The van der Waals surface area contributed by atoms with Crippen molar-refractivity contribution in [2.24, 2.45) is 0 Å². The average molecular weight is 542 g/mol. The van der Waals surface area contributed by atoms with Crippen LogP contribution in [0, 0.1) is 23.7 Å². The maximum absolute atomic E-state index is 3.76. The van der Waals surface area contributed by atoms with Crippen LogP contribution in [0.1, 0.15) is 11.1 Å². The van der Waals surface area contributed by atoms with Gasteiger partial charge >= 0.3 is 163 Å². The van der Waals surface area contributed by atoms with E-state index in [-0.39, 0.29) is 1.45 Å². The zero-order valence-electron chi connectivity index (χ0n) is 16.3. The van der Waals surface area contributed by atoms with E-state index in [0.717, 1.165) is 11.1 Å². The molecule has 0 aliphatic rings. The average Bonchev–Trinajstić information content (AvgIpc) is 2.54. The molecule has 0 unspecified atom stereocenters. The molecule has 128 valence electrons. The van der Waals surface area contributed by atoms with Crippen molar-refractivity contribution in [2.75, 3.05) is 0 Å². The normalized spacial score (nSPS) is 11.8. The molecule has 0 saturated carbocycles. The molecule has 0 amide bonds. The first-order valence-electron chi connectivity index (χ1n) is 8.82. The molecule has 2 aromatic rings. The van der Waals surface area contributed by atoms with Crippen molar-refractivity contribution < 1.29 is 0 Å². The SMILES string of the molecule is [CH3][Sn]([CH3])([CH3])[C](C#Cc1ccccc1)(C#Cc1ccccc1)[Sn]([CH3])([CH3])[CH3]. The quantitative estimate of drug-likeness (QED) is 0.321. The second kappa shape index (κ2) is 8.23. The third kappa shape index (κ3) is 5.08. The van der Waals surface area contributed by atoms with Gasteiger partial charge in [0.2, 0.25) is 0 Å². The van der Waals surface area contributed by atoms with E-state index < -0.39 is 36.8 Å². The molecule has 0 aliphatic heterocycles. The van der Waals surface area contributed by atoms with Gasteiger partial charge in [-0.1, -0.05) is 0 Å². The van der Waals surface area contributed by atoms with Gasteiger partial charge in [0.05, 0.1) is 0 Å². The Morgan fingerprint density at radius 2 is 0.880 bits per heavy atom. The van der Waals surface area contributed by atoms with E-state index in [2.05, 4.69) is 102 Å². The molecule has 0 spiro atoms. The van der Waals surface area contributed by atoms with E-state index in [4.69, 9.17) is 0 Å². The molecule has 0 nitrogen and oxygen atoms in total. The van der Waals surface area contributed by atoms with Gasteiger partial charge in [-0.15, -0.1) is 0 Å². The molecule has 0 fully saturated rings. The topological polar surface area (TPSA) is 0 Å². The van der Waals surface area contributed by atoms with Gasteiger partial charge in [-0.2, -0.15) is 0 Å². The molecular weight excluding hydrogens is 514 g/mol. The van der Waals surface area contributed by atoms with Gasteiger partial charge in [0.1, 0.15) is 0 Å². The van der Waals surface area contributed by atoms with Gasteiger partial charge in [0, 0.05) is 0 Å². The van der Waals surface area contributed by atoms with Gasteiger partial charge in [-0.3, -0.25) is 0 Å². The minimum absolute atomic E-state index is 0.0188. The van der Waals surface area contributed by atoms with E-state index in [1.165, 1.54) is 0 Å². The predicted molar refractivity (Wildman–Crippen MR) is 116 cm³/mol. The Morgan fingerprint density at radius 3 is 1.16 bits per heavy atom. The molecule has 0 bridgehead atoms. The second-order valence-corrected chi connectivity index (χ2v) is 42.5. The van der Waals surface area contributed by atoms with Crippen LogP contribution in [-0.4, -0.2) is 36.8 Å². The first-order chi connectivity index (χ1) is 11.7. The molecule has 0 saturated heterocycles. The Kier molecular flexibility index (Phi) is 6.74. The summed E-state index contributed by atoms with van der Waals surface area (Å²) in [6.45, 7) is 0. The van der Waals surface area contributed by atoms with Crippen molar-refractivity contribution in [2.45, 2.75) is 31.1 Å². The Bertz CT molecular complexity index is 741. The molecule has 0 radical (unpaired) electrons. The minimum atomic E-state index is -2.47. The molecule has 0 aromatic heterocycles. The Balaban J connectivity index is 2.63. The van der Waals surface area contributed by atoms with Crippen molar-refractivity contribution in [3.63, 3.8) is 0 Å². The summed E-state index contributed by atoms with van der Waals surface area (Å²) in [7, 11) is 0. The monoisotopic (exact) mass is 544 g/mol. The molecule has 0 heterocycles. The van der Waals surface area contributed by atoms with Crippen LogP contribution >= 0.6 is 0 Å². The van der Waals surface area contributed by atoms with Crippen LogP contribution in [0.4, 0.5) is 0 Å². The standard InChI is InChI=1S/C17H10.6CH3.2Sn/c1-4-10-16(11-5-1)14-8-3-9-15-17-12-6-2-7-13-17;;;;;;;;/h1-2,4-7,10-13H;6*1H3;;. The van der Waals surface area contributed by atoms with Crippen molar-refractivity contribution in [1.29, 1.82) is 0 Å². The number of benzene rings is 2. The predicted octanol–water partition coefficient (Wildman–Crippen LogP) is 6.05. The molecule has 0 atom stereocenters. The molecule has 2 rings (SSSR count). The number of hydrogen-bond donors (Lipinski definition) is 0. The zero-order valence-corrected chi connectivity index (χ0v) is 22.0. The first-order valence-corrected chi connectivity index (χ1v) is 28.8. The van der Waals surface area contributed by atoms with Crippen LogP contribution in [0.15, 0.2) is 60.7 Å². The fourth-order valence-corrected chi connectivity index (χ4v) is 57.8. The first kappa shape index (κ1) is 20.5. The van der Waals surface area contributed by atoms with Gasteiger partial charge in [-0.05, 0) is 0 Å². The summed E-state index contributed by atoms with van der Waals surface area (Å²) in [5.74, 6) is 14.5. The summed E-state index contributed by atoms with van der Waals surface area (Å²) in [4.78, 5) is 15.0. The van der Waals surface area contributed by atoms with Crippen LogP contribution in [0.3, 0.4) is 0 Å². The summed E-state index contributed by atoms with van der Waals surface area (Å²) in [5.41, 5.74) is 2.19. The van der Waals surface area contributed by atoms with Crippen molar-refractivity contribution >= 4 is 36.8 Å². The summed E-state index contributed by atoms with van der Waals surface area (Å²) < 4.78 is -0.0188. The molecule has 0 aliphatic carbocycles. The summed E-state index contributed by atoms with van der Waals surface area (Å²) in [5, 5.41) is 0. The van der Waals surface area contributed by atoms with Gasteiger partial charge in [0.15, 0.2) is 0 Å². The number of hydrogen-bond acceptors (Lipinski definition) is 0. The fourth-order valence-electron chi connectivity index (χ4n) is 3.28. The van der Waals surface area contributed by atoms with Crippen LogP contribution in [0.2, 0.25) is 31.1 Å². The molecule has 0 N–H and O–H groups in total. The fraction of sp³-hybridized carbons (Fsp3) is 0.304. The third-order valence-electron chi connectivity index (χ3n) is 4.59. The van der Waals surface area contributed by atoms with E-state index in [0.29, 0.717) is 0 Å². The van der Waals surface area contributed by atoms with Gasteiger partial charge in [0.25, 0.3) is 0 Å². The van der Waals surface area contributed by atoms with Crippen molar-refractivity contribution in [1.82, 2.24) is 0 Å². The van der Waals surface area contributed by atoms with Crippen molar-refractivity contribution in [3.8, 4) is 23.7 Å². The molecule has 25 heavy (non-hydrogen) atoms. The molecule has 2 heteroatoms. The van der Waals surface area contributed by atoms with E-state index in [9.17, 15) is 0 Å². The maximum atomic E-state index is 3.76. The van der Waals surface area contributed by atoms with Crippen LogP contribution in [0.25, 0.3) is 0 Å². The number of rotatable bonds is 2. The van der Waals surface area contributed by atoms with Crippen LogP contribution in [0.5, 0.6) is 0 Å².